The van der Waals surface area contributed by atoms with Crippen LogP contribution in [0.1, 0.15) is 24.1 Å². The van der Waals surface area contributed by atoms with E-state index in [0.29, 0.717) is 0 Å². The number of benzene rings is 2. The van der Waals surface area contributed by atoms with E-state index in [-0.39, 0.29) is 24.2 Å². The highest BCUT2D eigenvalue weighted by Gasteiger charge is 2.28. The molecule has 0 heterocycles. The summed E-state index contributed by atoms with van der Waals surface area (Å²) in [5, 5.41) is 2.60. The first kappa shape index (κ1) is 16.7. The zero-order chi connectivity index (χ0) is 16.8. The molecule has 0 aliphatic heterocycles. The minimum Gasteiger partial charge on any atom is -0.357 e. The van der Waals surface area contributed by atoms with Gasteiger partial charge < -0.3 is 10.2 Å². The van der Waals surface area contributed by atoms with Crippen molar-refractivity contribution in [1.82, 2.24) is 10.2 Å². The lowest BCUT2D eigenvalue weighted by Gasteiger charge is -2.30. The highest BCUT2D eigenvalue weighted by Crippen LogP contribution is 2.23. The molecule has 0 aliphatic rings. The predicted molar refractivity (Wildman–Crippen MR) is 85.9 cm³/mol. The molecule has 2 amide bonds. The van der Waals surface area contributed by atoms with Crippen molar-refractivity contribution in [2.24, 2.45) is 0 Å². The van der Waals surface area contributed by atoms with Gasteiger partial charge in [0.05, 0.1) is 0 Å². The molecule has 0 spiro atoms. The summed E-state index contributed by atoms with van der Waals surface area (Å²) in [7, 11) is 1.54. The van der Waals surface area contributed by atoms with E-state index in [1.54, 1.807) is 24.3 Å². The van der Waals surface area contributed by atoms with Crippen LogP contribution in [-0.2, 0) is 16.1 Å². The van der Waals surface area contributed by atoms with E-state index in [0.717, 1.165) is 11.1 Å². The maximum absolute atomic E-state index is 13.0. The second-order valence-corrected chi connectivity index (χ2v) is 5.20. The largest absolute Gasteiger partial charge is 0.357 e. The van der Waals surface area contributed by atoms with Crippen LogP contribution in [0.15, 0.2) is 54.6 Å². The minimum absolute atomic E-state index is 0.225. The van der Waals surface area contributed by atoms with Crippen LogP contribution in [0.25, 0.3) is 0 Å². The average molecular weight is 314 g/mol. The highest BCUT2D eigenvalue weighted by atomic mass is 19.1. The van der Waals surface area contributed by atoms with Gasteiger partial charge in [0.2, 0.25) is 11.8 Å². The summed E-state index contributed by atoms with van der Waals surface area (Å²) < 4.78 is 13.0. The molecule has 4 nitrogen and oxygen atoms in total. The van der Waals surface area contributed by atoms with Crippen LogP contribution in [0.5, 0.6) is 0 Å². The summed E-state index contributed by atoms with van der Waals surface area (Å²) in [5.74, 6) is -0.839. The quantitative estimate of drug-likeness (QED) is 0.922. The van der Waals surface area contributed by atoms with Gasteiger partial charge in [-0.25, -0.2) is 4.39 Å². The fraction of sp³-hybridized carbons (Fsp3) is 0.222. The lowest BCUT2D eigenvalue weighted by molar-refractivity contribution is -0.139. The zero-order valence-corrected chi connectivity index (χ0v) is 13.1. The summed E-state index contributed by atoms with van der Waals surface area (Å²) in [6, 6.07) is 14.3. The molecule has 2 aromatic carbocycles. The van der Waals surface area contributed by atoms with Crippen molar-refractivity contribution in [2.75, 3.05) is 7.05 Å². The molecular formula is C18H19FN2O2. The number of hydrogen-bond acceptors (Lipinski definition) is 2. The van der Waals surface area contributed by atoms with Gasteiger partial charge in [-0.1, -0.05) is 42.5 Å². The number of carbonyl (C=O) groups is 2. The lowest BCUT2D eigenvalue weighted by Crippen LogP contribution is -2.41. The monoisotopic (exact) mass is 314 g/mol. The zero-order valence-electron chi connectivity index (χ0n) is 13.1. The van der Waals surface area contributed by atoms with Gasteiger partial charge in [0.25, 0.3) is 0 Å². The normalized spacial score (nSPS) is 11.6. The third-order valence-electron chi connectivity index (χ3n) is 3.59. The number of halogens is 1. The molecule has 0 saturated carbocycles. The van der Waals surface area contributed by atoms with Crippen LogP contribution in [0.3, 0.4) is 0 Å². The van der Waals surface area contributed by atoms with Gasteiger partial charge >= 0.3 is 0 Å². The Labute approximate surface area is 134 Å². The first-order chi connectivity index (χ1) is 11.0. The van der Waals surface area contributed by atoms with Crippen LogP contribution in [-0.4, -0.2) is 23.8 Å². The maximum atomic E-state index is 13.0. The third-order valence-corrected chi connectivity index (χ3v) is 3.59. The second-order valence-electron chi connectivity index (χ2n) is 5.20. The molecule has 23 heavy (non-hydrogen) atoms. The molecule has 1 atom stereocenters. The van der Waals surface area contributed by atoms with Gasteiger partial charge in [0.1, 0.15) is 11.9 Å². The Morgan fingerprint density at radius 1 is 1.09 bits per heavy atom. The number of nitrogens with one attached hydrogen (secondary N) is 1. The summed E-state index contributed by atoms with van der Waals surface area (Å²) >= 11 is 0. The highest BCUT2D eigenvalue weighted by molar-refractivity contribution is 5.87. The fourth-order valence-corrected chi connectivity index (χ4v) is 2.42. The van der Waals surface area contributed by atoms with Gasteiger partial charge in [-0.3, -0.25) is 9.59 Å². The average Bonchev–Trinajstić information content (AvgIpc) is 2.56. The van der Waals surface area contributed by atoms with Crippen LogP contribution in [0, 0.1) is 5.82 Å². The number of likely N-dealkylation sites (N-methyl/N-ethyl adjacent to an activating group) is 1. The molecule has 0 radical (unpaired) electrons. The van der Waals surface area contributed by atoms with Crippen molar-refractivity contribution in [3.63, 3.8) is 0 Å². The molecule has 2 rings (SSSR count). The minimum atomic E-state index is -0.733. The summed E-state index contributed by atoms with van der Waals surface area (Å²) in [6.45, 7) is 1.64. The van der Waals surface area contributed by atoms with Gasteiger partial charge in [-0.15, -0.1) is 0 Å². The maximum Gasteiger partial charge on any atom is 0.247 e. The van der Waals surface area contributed by atoms with Gasteiger partial charge in [0.15, 0.2) is 0 Å². The summed E-state index contributed by atoms with van der Waals surface area (Å²) in [6.07, 6.45) is 0. The summed E-state index contributed by atoms with van der Waals surface area (Å²) in [4.78, 5) is 25.9. The Hall–Kier alpha value is -2.69. The standard InChI is InChI=1S/C18H19FN2O2/c1-13(22)21(12-14-8-10-16(19)11-9-14)17(18(23)20-2)15-6-4-3-5-7-15/h3-11,17H,12H2,1-2H3,(H,20,23)/t17-/m1/s1. The topological polar surface area (TPSA) is 49.4 Å². The van der Waals surface area contributed by atoms with Crippen molar-refractivity contribution >= 4 is 11.8 Å². The van der Waals surface area contributed by atoms with E-state index in [1.807, 2.05) is 18.2 Å². The molecule has 0 fully saturated rings. The van der Waals surface area contributed by atoms with Crippen LogP contribution >= 0.6 is 0 Å². The molecule has 0 bridgehead atoms. The van der Waals surface area contributed by atoms with E-state index in [2.05, 4.69) is 5.32 Å². The van der Waals surface area contributed by atoms with E-state index in [9.17, 15) is 14.0 Å². The van der Waals surface area contributed by atoms with E-state index >= 15 is 0 Å². The summed E-state index contributed by atoms with van der Waals surface area (Å²) in [5.41, 5.74) is 1.48. The molecule has 1 N–H and O–H groups in total. The smallest absolute Gasteiger partial charge is 0.247 e. The Morgan fingerprint density at radius 2 is 1.70 bits per heavy atom. The van der Waals surface area contributed by atoms with Gasteiger partial charge in [-0.05, 0) is 23.3 Å². The second kappa shape index (κ2) is 7.54. The molecule has 0 saturated heterocycles. The first-order valence-corrected chi connectivity index (χ1v) is 7.31. The molecule has 0 aliphatic carbocycles. The lowest BCUT2D eigenvalue weighted by atomic mass is 10.0. The number of amides is 2. The van der Waals surface area contributed by atoms with Gasteiger partial charge in [0, 0.05) is 20.5 Å². The number of rotatable bonds is 5. The number of carbonyl (C=O) groups excluding carboxylic acids is 2. The van der Waals surface area contributed by atoms with E-state index in [1.165, 1.54) is 31.0 Å². The molecule has 5 heteroatoms. The van der Waals surface area contributed by atoms with Crippen LogP contribution in [0.4, 0.5) is 4.39 Å². The number of hydrogen-bond donors (Lipinski definition) is 1. The van der Waals surface area contributed by atoms with Crippen LogP contribution in [0.2, 0.25) is 0 Å². The molecule has 0 aromatic heterocycles. The van der Waals surface area contributed by atoms with E-state index in [4.69, 9.17) is 0 Å². The van der Waals surface area contributed by atoms with Crippen molar-refractivity contribution < 1.29 is 14.0 Å². The van der Waals surface area contributed by atoms with E-state index < -0.39 is 6.04 Å². The van der Waals surface area contributed by atoms with Crippen molar-refractivity contribution in [3.8, 4) is 0 Å². The van der Waals surface area contributed by atoms with Crippen molar-refractivity contribution in [1.29, 1.82) is 0 Å². The molecule has 120 valence electrons. The predicted octanol–water partition coefficient (Wildman–Crippen LogP) is 2.66. The Morgan fingerprint density at radius 3 is 2.22 bits per heavy atom. The molecular weight excluding hydrogens is 295 g/mol. The SMILES string of the molecule is CNC(=O)[C@@H](c1ccccc1)N(Cc1ccc(F)cc1)C(C)=O. The fourth-order valence-electron chi connectivity index (χ4n) is 2.42. The molecule has 2 aromatic rings. The Kier molecular flexibility index (Phi) is 5.46. The van der Waals surface area contributed by atoms with Crippen molar-refractivity contribution in [3.05, 3.63) is 71.5 Å². The van der Waals surface area contributed by atoms with Gasteiger partial charge in [-0.2, -0.15) is 0 Å². The van der Waals surface area contributed by atoms with Crippen molar-refractivity contribution in [2.45, 2.75) is 19.5 Å². The first-order valence-electron chi connectivity index (χ1n) is 7.31. The Bertz CT molecular complexity index is 671. The Balaban J connectivity index is 2.36. The number of nitrogens with zero attached hydrogens (tertiary/aromatic N) is 1. The molecule has 0 unspecified atom stereocenters. The van der Waals surface area contributed by atoms with Crippen LogP contribution < -0.4 is 5.32 Å². The third kappa shape index (κ3) is 4.16.